The summed E-state index contributed by atoms with van der Waals surface area (Å²) in [4.78, 5) is 24.8. The summed E-state index contributed by atoms with van der Waals surface area (Å²) in [6, 6.07) is 7.34. The highest BCUT2D eigenvalue weighted by Crippen LogP contribution is 2.09. The zero-order chi connectivity index (χ0) is 15.8. The van der Waals surface area contributed by atoms with Crippen LogP contribution in [0.1, 0.15) is 19.4 Å². The number of primary amides is 1. The van der Waals surface area contributed by atoms with Gasteiger partial charge in [-0.3, -0.25) is 14.5 Å². The van der Waals surface area contributed by atoms with E-state index in [1.54, 1.807) is 17.0 Å². The third kappa shape index (κ3) is 6.87. The van der Waals surface area contributed by atoms with Crippen molar-refractivity contribution in [2.24, 2.45) is 17.4 Å². The molecular weight excluding hydrogens is 268 g/mol. The molecule has 0 unspecified atom stereocenters. The third-order valence-electron chi connectivity index (χ3n) is 2.84. The molecule has 0 aliphatic heterocycles. The van der Waals surface area contributed by atoms with Crippen LogP contribution in [0.2, 0.25) is 0 Å². The second kappa shape index (κ2) is 8.39. The SMILES string of the molecule is CC(C)CN(CC(N)=O)CC(=O)Nc1ccc(CN)cc1. The number of nitrogens with one attached hydrogen (secondary N) is 1. The van der Waals surface area contributed by atoms with Gasteiger partial charge in [0.1, 0.15) is 0 Å². The Morgan fingerprint density at radius 1 is 1.19 bits per heavy atom. The van der Waals surface area contributed by atoms with Crippen molar-refractivity contribution >= 4 is 17.5 Å². The van der Waals surface area contributed by atoms with Crippen LogP contribution in [-0.4, -0.2) is 36.3 Å². The predicted molar refractivity (Wildman–Crippen MR) is 83.4 cm³/mol. The highest BCUT2D eigenvalue weighted by molar-refractivity contribution is 5.92. The lowest BCUT2D eigenvalue weighted by molar-refractivity contribution is -0.121. The van der Waals surface area contributed by atoms with Crippen molar-refractivity contribution in [2.45, 2.75) is 20.4 Å². The topological polar surface area (TPSA) is 101 Å². The molecule has 6 nitrogen and oxygen atoms in total. The first-order chi connectivity index (χ1) is 9.90. The first-order valence-electron chi connectivity index (χ1n) is 7.00. The molecule has 0 fully saturated rings. The van der Waals surface area contributed by atoms with E-state index in [1.165, 1.54) is 0 Å². The van der Waals surface area contributed by atoms with Gasteiger partial charge in [-0.25, -0.2) is 0 Å². The molecule has 2 amide bonds. The summed E-state index contributed by atoms with van der Waals surface area (Å²) in [6.45, 7) is 5.38. The number of amides is 2. The standard InChI is InChI=1S/C15H24N4O2/c1-11(2)8-19(9-14(17)20)10-15(21)18-13-5-3-12(7-16)4-6-13/h3-6,11H,7-10,16H2,1-2H3,(H2,17,20)(H,18,21). The van der Waals surface area contributed by atoms with Gasteiger partial charge in [0.05, 0.1) is 13.1 Å². The number of nitrogens with two attached hydrogens (primary N) is 2. The van der Waals surface area contributed by atoms with E-state index in [0.29, 0.717) is 24.7 Å². The normalized spacial score (nSPS) is 10.9. The fraction of sp³-hybridized carbons (Fsp3) is 0.467. The van der Waals surface area contributed by atoms with Crippen LogP contribution in [0.15, 0.2) is 24.3 Å². The second-order valence-corrected chi connectivity index (χ2v) is 5.48. The van der Waals surface area contributed by atoms with Crippen molar-refractivity contribution in [2.75, 3.05) is 25.0 Å². The molecule has 0 aromatic heterocycles. The van der Waals surface area contributed by atoms with Gasteiger partial charge in [0.2, 0.25) is 11.8 Å². The van der Waals surface area contributed by atoms with Crippen LogP contribution in [0.25, 0.3) is 0 Å². The molecule has 6 heteroatoms. The van der Waals surface area contributed by atoms with Crippen LogP contribution in [0.4, 0.5) is 5.69 Å². The molecule has 1 rings (SSSR count). The minimum atomic E-state index is -0.434. The molecule has 0 aliphatic rings. The Labute approximate surface area is 125 Å². The number of carbonyl (C=O) groups is 2. The van der Waals surface area contributed by atoms with Crippen LogP contribution in [0.3, 0.4) is 0 Å². The molecular formula is C15H24N4O2. The van der Waals surface area contributed by atoms with E-state index in [9.17, 15) is 9.59 Å². The van der Waals surface area contributed by atoms with Crippen molar-refractivity contribution < 1.29 is 9.59 Å². The molecule has 1 aromatic rings. The lowest BCUT2D eigenvalue weighted by Crippen LogP contribution is -2.41. The first-order valence-corrected chi connectivity index (χ1v) is 7.00. The maximum absolute atomic E-state index is 12.0. The van der Waals surface area contributed by atoms with Crippen molar-refractivity contribution in [3.8, 4) is 0 Å². The quantitative estimate of drug-likeness (QED) is 0.650. The Kier molecular flexibility index (Phi) is 6.84. The fourth-order valence-electron chi connectivity index (χ4n) is 2.05. The molecule has 0 spiro atoms. The molecule has 116 valence electrons. The van der Waals surface area contributed by atoms with E-state index < -0.39 is 5.91 Å². The molecule has 0 saturated heterocycles. The molecule has 5 N–H and O–H groups in total. The monoisotopic (exact) mass is 292 g/mol. The van der Waals surface area contributed by atoms with Gasteiger partial charge in [0, 0.05) is 18.8 Å². The summed E-state index contributed by atoms with van der Waals surface area (Å²) >= 11 is 0. The van der Waals surface area contributed by atoms with E-state index >= 15 is 0 Å². The van der Waals surface area contributed by atoms with Gasteiger partial charge in [-0.15, -0.1) is 0 Å². The van der Waals surface area contributed by atoms with Gasteiger partial charge in [-0.05, 0) is 23.6 Å². The molecule has 0 radical (unpaired) electrons. The highest BCUT2D eigenvalue weighted by atomic mass is 16.2. The van der Waals surface area contributed by atoms with Crippen LogP contribution in [0.5, 0.6) is 0 Å². The number of anilines is 1. The average molecular weight is 292 g/mol. The Morgan fingerprint density at radius 2 is 1.81 bits per heavy atom. The van der Waals surface area contributed by atoms with E-state index in [0.717, 1.165) is 5.56 Å². The van der Waals surface area contributed by atoms with Crippen LogP contribution < -0.4 is 16.8 Å². The smallest absolute Gasteiger partial charge is 0.238 e. The van der Waals surface area contributed by atoms with Gasteiger partial charge in [-0.1, -0.05) is 26.0 Å². The van der Waals surface area contributed by atoms with E-state index in [2.05, 4.69) is 5.32 Å². The second-order valence-electron chi connectivity index (χ2n) is 5.48. The average Bonchev–Trinajstić information content (AvgIpc) is 2.37. The summed E-state index contributed by atoms with van der Waals surface area (Å²) in [5, 5.41) is 2.80. The summed E-state index contributed by atoms with van der Waals surface area (Å²) in [5.74, 6) is -0.255. The number of hydrogen-bond donors (Lipinski definition) is 3. The van der Waals surface area contributed by atoms with E-state index in [4.69, 9.17) is 11.5 Å². The number of rotatable bonds is 8. The molecule has 21 heavy (non-hydrogen) atoms. The summed E-state index contributed by atoms with van der Waals surface area (Å²) in [7, 11) is 0. The van der Waals surface area contributed by atoms with Gasteiger partial charge in [-0.2, -0.15) is 0 Å². The maximum atomic E-state index is 12.0. The molecule has 0 bridgehead atoms. The molecule has 0 heterocycles. The van der Waals surface area contributed by atoms with Gasteiger partial charge in [0.25, 0.3) is 0 Å². The summed E-state index contributed by atoms with van der Waals surface area (Å²) in [6.07, 6.45) is 0. The van der Waals surface area contributed by atoms with Crippen molar-refractivity contribution in [1.29, 1.82) is 0 Å². The Bertz CT molecular complexity index is 471. The Morgan fingerprint density at radius 3 is 2.29 bits per heavy atom. The highest BCUT2D eigenvalue weighted by Gasteiger charge is 2.14. The lowest BCUT2D eigenvalue weighted by Gasteiger charge is -2.22. The fourth-order valence-corrected chi connectivity index (χ4v) is 2.05. The molecule has 0 atom stereocenters. The van der Waals surface area contributed by atoms with Crippen molar-refractivity contribution in [3.05, 3.63) is 29.8 Å². The Balaban J connectivity index is 2.57. The van der Waals surface area contributed by atoms with Gasteiger partial charge < -0.3 is 16.8 Å². The van der Waals surface area contributed by atoms with Crippen LogP contribution >= 0.6 is 0 Å². The zero-order valence-electron chi connectivity index (χ0n) is 12.6. The minimum absolute atomic E-state index is 0.0811. The van der Waals surface area contributed by atoms with Crippen LogP contribution in [0, 0.1) is 5.92 Å². The molecule has 1 aromatic carbocycles. The van der Waals surface area contributed by atoms with E-state index in [1.807, 2.05) is 26.0 Å². The van der Waals surface area contributed by atoms with Gasteiger partial charge >= 0.3 is 0 Å². The van der Waals surface area contributed by atoms with E-state index in [-0.39, 0.29) is 19.0 Å². The Hall–Kier alpha value is -1.92. The van der Waals surface area contributed by atoms with Crippen LogP contribution in [-0.2, 0) is 16.1 Å². The minimum Gasteiger partial charge on any atom is -0.369 e. The summed E-state index contributed by atoms with van der Waals surface area (Å²) < 4.78 is 0. The number of benzene rings is 1. The van der Waals surface area contributed by atoms with Crippen molar-refractivity contribution in [1.82, 2.24) is 4.90 Å². The first kappa shape index (κ1) is 17.1. The maximum Gasteiger partial charge on any atom is 0.238 e. The third-order valence-corrected chi connectivity index (χ3v) is 2.84. The molecule has 0 saturated carbocycles. The van der Waals surface area contributed by atoms with Crippen molar-refractivity contribution in [3.63, 3.8) is 0 Å². The number of hydrogen-bond acceptors (Lipinski definition) is 4. The number of nitrogens with zero attached hydrogens (tertiary/aromatic N) is 1. The molecule has 0 aliphatic carbocycles. The van der Waals surface area contributed by atoms with Gasteiger partial charge in [0.15, 0.2) is 0 Å². The lowest BCUT2D eigenvalue weighted by atomic mass is 10.2. The predicted octanol–water partition coefficient (Wildman–Crippen LogP) is 0.527. The number of carbonyl (C=O) groups excluding carboxylic acids is 2. The summed E-state index contributed by atoms with van der Waals surface area (Å²) in [5.41, 5.74) is 12.4. The largest absolute Gasteiger partial charge is 0.369 e. The zero-order valence-corrected chi connectivity index (χ0v) is 12.6.